The van der Waals surface area contributed by atoms with Crippen molar-refractivity contribution in [3.05, 3.63) is 41.5 Å². The maximum atomic E-state index is 11.8. The number of nitrogens with zero attached hydrogens (tertiary/aromatic N) is 1. The van der Waals surface area contributed by atoms with Crippen LogP contribution < -0.4 is 5.32 Å². The SMILES string of the molecule is C/C(=C(/C#N)C(=O)NC1CC1)c1ccccc1. The van der Waals surface area contributed by atoms with Crippen molar-refractivity contribution in [2.24, 2.45) is 0 Å². The zero-order chi connectivity index (χ0) is 12.3. The minimum absolute atomic E-state index is 0.211. The average Bonchev–Trinajstić information content (AvgIpc) is 3.15. The molecule has 0 heterocycles. The van der Waals surface area contributed by atoms with E-state index in [1.54, 1.807) is 6.92 Å². The number of carbonyl (C=O) groups is 1. The summed E-state index contributed by atoms with van der Waals surface area (Å²) in [5.74, 6) is -0.253. The molecule has 1 aliphatic rings. The average molecular weight is 226 g/mol. The zero-order valence-electron chi connectivity index (χ0n) is 9.73. The van der Waals surface area contributed by atoms with E-state index in [9.17, 15) is 4.79 Å². The molecule has 1 aromatic carbocycles. The molecule has 17 heavy (non-hydrogen) atoms. The van der Waals surface area contributed by atoms with E-state index >= 15 is 0 Å². The molecule has 0 unspecified atom stereocenters. The quantitative estimate of drug-likeness (QED) is 0.635. The smallest absolute Gasteiger partial charge is 0.262 e. The number of allylic oxidation sites excluding steroid dienone is 1. The van der Waals surface area contributed by atoms with Gasteiger partial charge >= 0.3 is 0 Å². The van der Waals surface area contributed by atoms with E-state index in [4.69, 9.17) is 5.26 Å². The summed E-state index contributed by atoms with van der Waals surface area (Å²) in [6.07, 6.45) is 2.05. The number of rotatable bonds is 3. The Morgan fingerprint density at radius 3 is 2.53 bits per heavy atom. The molecule has 0 spiro atoms. The lowest BCUT2D eigenvalue weighted by atomic mass is 10.0. The molecule has 3 heteroatoms. The molecule has 0 radical (unpaired) electrons. The Balaban J connectivity index is 2.26. The first-order valence-corrected chi connectivity index (χ1v) is 5.69. The fourth-order valence-electron chi connectivity index (χ4n) is 1.62. The summed E-state index contributed by atoms with van der Waals surface area (Å²) in [4.78, 5) is 11.8. The molecular formula is C14H14N2O. The van der Waals surface area contributed by atoms with Crippen molar-refractivity contribution in [1.82, 2.24) is 5.32 Å². The third-order valence-electron chi connectivity index (χ3n) is 2.83. The third kappa shape index (κ3) is 2.73. The van der Waals surface area contributed by atoms with Crippen molar-refractivity contribution in [3.63, 3.8) is 0 Å². The van der Waals surface area contributed by atoms with Gasteiger partial charge < -0.3 is 5.32 Å². The molecule has 1 aromatic rings. The van der Waals surface area contributed by atoms with E-state index in [1.165, 1.54) is 0 Å². The maximum Gasteiger partial charge on any atom is 0.262 e. The highest BCUT2D eigenvalue weighted by Gasteiger charge is 2.25. The van der Waals surface area contributed by atoms with Crippen LogP contribution in [0.25, 0.3) is 5.57 Å². The third-order valence-corrected chi connectivity index (χ3v) is 2.83. The molecule has 0 saturated heterocycles. The summed E-state index contributed by atoms with van der Waals surface area (Å²) >= 11 is 0. The van der Waals surface area contributed by atoms with Crippen molar-refractivity contribution in [3.8, 4) is 6.07 Å². The van der Waals surface area contributed by atoms with Crippen molar-refractivity contribution < 1.29 is 4.79 Å². The van der Waals surface area contributed by atoms with Gasteiger partial charge in [0, 0.05) is 6.04 Å². The highest BCUT2D eigenvalue weighted by molar-refractivity contribution is 6.04. The summed E-state index contributed by atoms with van der Waals surface area (Å²) in [6.45, 7) is 1.81. The molecule has 1 N–H and O–H groups in total. The Bertz CT molecular complexity index is 493. The van der Waals surface area contributed by atoms with Gasteiger partial charge in [0.15, 0.2) is 0 Å². The van der Waals surface area contributed by atoms with Gasteiger partial charge in [0.25, 0.3) is 5.91 Å². The van der Waals surface area contributed by atoms with Crippen molar-refractivity contribution >= 4 is 11.5 Å². The summed E-state index contributed by atoms with van der Waals surface area (Å²) in [5.41, 5.74) is 1.85. The van der Waals surface area contributed by atoms with E-state index in [2.05, 4.69) is 5.32 Å². The highest BCUT2D eigenvalue weighted by Crippen LogP contribution is 2.21. The second-order valence-corrected chi connectivity index (χ2v) is 4.23. The molecule has 3 nitrogen and oxygen atoms in total. The van der Waals surface area contributed by atoms with Crippen LogP contribution >= 0.6 is 0 Å². The number of nitriles is 1. The summed E-state index contributed by atoms with van der Waals surface area (Å²) in [6, 6.07) is 11.8. The number of amides is 1. The van der Waals surface area contributed by atoms with Crippen molar-refractivity contribution in [2.45, 2.75) is 25.8 Å². The number of hydrogen-bond donors (Lipinski definition) is 1. The van der Waals surface area contributed by atoms with Crippen LogP contribution in [0.3, 0.4) is 0 Å². The molecule has 2 rings (SSSR count). The lowest BCUT2D eigenvalue weighted by molar-refractivity contribution is -0.117. The first-order chi connectivity index (χ1) is 8.22. The predicted octanol–water partition coefficient (Wildman–Crippen LogP) is 2.26. The number of benzene rings is 1. The van der Waals surface area contributed by atoms with E-state index in [0.29, 0.717) is 0 Å². The van der Waals surface area contributed by atoms with Crippen molar-refractivity contribution in [2.75, 3.05) is 0 Å². The van der Waals surface area contributed by atoms with Gasteiger partial charge in [-0.25, -0.2) is 0 Å². The second-order valence-electron chi connectivity index (χ2n) is 4.23. The Morgan fingerprint density at radius 2 is 2.00 bits per heavy atom. The minimum Gasteiger partial charge on any atom is -0.349 e. The van der Waals surface area contributed by atoms with Crippen molar-refractivity contribution in [1.29, 1.82) is 5.26 Å². The molecule has 1 fully saturated rings. The molecule has 1 amide bonds. The highest BCUT2D eigenvalue weighted by atomic mass is 16.1. The summed E-state index contributed by atoms with van der Waals surface area (Å²) in [7, 11) is 0. The minimum atomic E-state index is -0.253. The molecular weight excluding hydrogens is 212 g/mol. The van der Waals surface area contributed by atoms with Gasteiger partial charge in [0.1, 0.15) is 11.6 Å². The van der Waals surface area contributed by atoms with E-state index in [-0.39, 0.29) is 17.5 Å². The molecule has 1 saturated carbocycles. The lowest BCUT2D eigenvalue weighted by Gasteiger charge is -2.06. The number of nitrogens with one attached hydrogen (secondary N) is 1. The van der Waals surface area contributed by atoms with Crippen LogP contribution in [0.5, 0.6) is 0 Å². The van der Waals surface area contributed by atoms with Crippen LogP contribution in [0.15, 0.2) is 35.9 Å². The van der Waals surface area contributed by atoms with Gasteiger partial charge in [-0.15, -0.1) is 0 Å². The lowest BCUT2D eigenvalue weighted by Crippen LogP contribution is -2.27. The zero-order valence-corrected chi connectivity index (χ0v) is 9.73. The molecule has 0 aliphatic heterocycles. The Morgan fingerprint density at radius 1 is 1.35 bits per heavy atom. The fraction of sp³-hybridized carbons (Fsp3) is 0.286. The van der Waals surface area contributed by atoms with Gasteiger partial charge in [0.2, 0.25) is 0 Å². The largest absolute Gasteiger partial charge is 0.349 e. The molecule has 86 valence electrons. The van der Waals surface area contributed by atoms with Gasteiger partial charge in [-0.3, -0.25) is 4.79 Å². The van der Waals surface area contributed by atoms with Crippen LogP contribution in [-0.2, 0) is 4.79 Å². The predicted molar refractivity (Wildman–Crippen MR) is 65.8 cm³/mol. The van der Waals surface area contributed by atoms with E-state index in [0.717, 1.165) is 24.0 Å². The monoisotopic (exact) mass is 226 g/mol. The van der Waals surface area contributed by atoms with Gasteiger partial charge in [0.05, 0.1) is 0 Å². The molecule has 0 aromatic heterocycles. The van der Waals surface area contributed by atoms with Gasteiger partial charge in [-0.2, -0.15) is 5.26 Å². The standard InChI is InChI=1S/C14H14N2O/c1-10(11-5-3-2-4-6-11)13(9-15)14(17)16-12-7-8-12/h2-6,12H,7-8H2,1H3,(H,16,17)/b13-10+. The van der Waals surface area contributed by atoms with Crippen LogP contribution in [0, 0.1) is 11.3 Å². The summed E-state index contributed by atoms with van der Waals surface area (Å²) < 4.78 is 0. The number of hydrogen-bond acceptors (Lipinski definition) is 2. The Hall–Kier alpha value is -2.08. The first kappa shape index (κ1) is 11.4. The Kier molecular flexibility index (Phi) is 3.24. The first-order valence-electron chi connectivity index (χ1n) is 5.69. The number of carbonyl (C=O) groups excluding carboxylic acids is 1. The van der Waals surface area contributed by atoms with Crippen LogP contribution in [0.2, 0.25) is 0 Å². The van der Waals surface area contributed by atoms with Gasteiger partial charge in [-0.05, 0) is 30.9 Å². The molecule has 0 atom stereocenters. The maximum absolute atomic E-state index is 11.8. The van der Waals surface area contributed by atoms with Crippen LogP contribution in [-0.4, -0.2) is 11.9 Å². The van der Waals surface area contributed by atoms with Crippen LogP contribution in [0.4, 0.5) is 0 Å². The molecule has 0 bridgehead atoms. The normalized spacial score (nSPS) is 15.8. The summed E-state index contributed by atoms with van der Waals surface area (Å²) in [5, 5.41) is 11.9. The Labute approximate surface area is 101 Å². The fourth-order valence-corrected chi connectivity index (χ4v) is 1.62. The second kappa shape index (κ2) is 4.84. The van der Waals surface area contributed by atoms with E-state index < -0.39 is 0 Å². The van der Waals surface area contributed by atoms with E-state index in [1.807, 2.05) is 36.4 Å². The van der Waals surface area contributed by atoms with Crippen LogP contribution in [0.1, 0.15) is 25.3 Å². The van der Waals surface area contributed by atoms with Gasteiger partial charge in [-0.1, -0.05) is 30.3 Å². The topological polar surface area (TPSA) is 52.9 Å². The molecule has 1 aliphatic carbocycles.